The number of anilines is 1. The first-order valence-electron chi connectivity index (χ1n) is 8.27. The Morgan fingerprint density at radius 1 is 1.41 bits per heavy atom. The number of aliphatic imine (C=N–C) groups is 1. The fourth-order valence-electron chi connectivity index (χ4n) is 2.34. The number of thiophene rings is 1. The van der Waals surface area contributed by atoms with Crippen molar-refractivity contribution in [2.24, 2.45) is 10.7 Å². The molecular weight excluding hydrogens is 411 g/mol. The maximum atomic E-state index is 12.9. The fraction of sp³-hybridized carbons (Fsp3) is 0.278. The van der Waals surface area contributed by atoms with E-state index < -0.39 is 17.6 Å². The molecule has 29 heavy (non-hydrogen) atoms. The Labute approximate surface area is 167 Å². The number of nitrogens with two attached hydrogens (primary N) is 1. The molecule has 2 rings (SSSR count). The van der Waals surface area contributed by atoms with Gasteiger partial charge in [-0.3, -0.25) is 14.6 Å². The maximum Gasteiger partial charge on any atom is 0.416 e. The van der Waals surface area contributed by atoms with Crippen molar-refractivity contribution < 1.29 is 32.6 Å². The van der Waals surface area contributed by atoms with Gasteiger partial charge in [0.1, 0.15) is 5.70 Å². The lowest BCUT2D eigenvalue weighted by molar-refractivity contribution is -0.137. The average molecular weight is 429 g/mol. The molecule has 4 N–H and O–H groups in total. The molecule has 2 aromatic rings. The highest BCUT2D eigenvalue weighted by Gasteiger charge is 2.31. The van der Waals surface area contributed by atoms with Gasteiger partial charge in [-0.2, -0.15) is 13.2 Å². The summed E-state index contributed by atoms with van der Waals surface area (Å²) in [5.74, 6) is -0.842. The predicted molar refractivity (Wildman–Crippen MR) is 104 cm³/mol. The topological polar surface area (TPSA) is 114 Å². The second kappa shape index (κ2) is 9.52. The summed E-state index contributed by atoms with van der Waals surface area (Å²) in [6.07, 6.45) is -2.44. The van der Waals surface area contributed by atoms with Gasteiger partial charge in [-0.15, -0.1) is 11.3 Å². The molecule has 0 aliphatic carbocycles. The number of ether oxygens (including phenoxy) is 1. The van der Waals surface area contributed by atoms with E-state index in [0.717, 1.165) is 23.5 Å². The molecule has 0 saturated heterocycles. The third-order valence-electron chi connectivity index (χ3n) is 3.77. The molecule has 0 spiro atoms. The summed E-state index contributed by atoms with van der Waals surface area (Å²) in [5, 5.41) is 11.5. The number of fused-ring (bicyclic) bond motifs is 1. The molecule has 11 heteroatoms. The van der Waals surface area contributed by atoms with Crippen molar-refractivity contribution in [1.82, 2.24) is 0 Å². The minimum absolute atomic E-state index is 0.0352. The number of carbonyl (C=O) groups is 2. The number of hydrogen-bond acceptors (Lipinski definition) is 7. The van der Waals surface area contributed by atoms with Gasteiger partial charge in [-0.05, 0) is 18.6 Å². The van der Waals surface area contributed by atoms with Crippen LogP contribution in [0.5, 0.6) is 0 Å². The van der Waals surface area contributed by atoms with Gasteiger partial charge < -0.3 is 20.9 Å². The lowest BCUT2D eigenvalue weighted by atomic mass is 10.1. The summed E-state index contributed by atoms with van der Waals surface area (Å²) in [4.78, 5) is 27.8. The number of methoxy groups -OCH3 is 1. The monoisotopic (exact) mass is 429 g/mol. The van der Waals surface area contributed by atoms with Crippen LogP contribution in [0.2, 0.25) is 0 Å². The predicted octanol–water partition coefficient (Wildman–Crippen LogP) is 2.94. The number of nitrogens with zero attached hydrogens (tertiary/aromatic N) is 1. The SMILES string of the molecule is COC(C=NCCCO)=C(N)C(=O)Nc1c(C=O)sc2cc(C(F)(F)F)ccc12. The van der Waals surface area contributed by atoms with E-state index in [-0.39, 0.29) is 38.7 Å². The zero-order chi connectivity index (χ0) is 21.6. The van der Waals surface area contributed by atoms with Crippen molar-refractivity contribution >= 4 is 45.5 Å². The summed E-state index contributed by atoms with van der Waals surface area (Å²) in [7, 11) is 1.28. The molecule has 1 aromatic heterocycles. The molecule has 156 valence electrons. The molecule has 0 fully saturated rings. The number of amides is 1. The van der Waals surface area contributed by atoms with Crippen LogP contribution in [0.4, 0.5) is 18.9 Å². The van der Waals surface area contributed by atoms with Gasteiger partial charge in [0.25, 0.3) is 5.91 Å². The lowest BCUT2D eigenvalue weighted by Crippen LogP contribution is -2.23. The quantitative estimate of drug-likeness (QED) is 0.196. The van der Waals surface area contributed by atoms with Crippen LogP contribution in [-0.4, -0.2) is 43.8 Å². The van der Waals surface area contributed by atoms with E-state index >= 15 is 0 Å². The molecule has 0 atom stereocenters. The van der Waals surface area contributed by atoms with Gasteiger partial charge >= 0.3 is 6.18 Å². The summed E-state index contributed by atoms with van der Waals surface area (Å²) >= 11 is 0.820. The fourth-order valence-corrected chi connectivity index (χ4v) is 3.35. The Hall–Kier alpha value is -2.92. The largest absolute Gasteiger partial charge is 0.493 e. The van der Waals surface area contributed by atoms with Crippen molar-refractivity contribution in [2.75, 3.05) is 25.6 Å². The van der Waals surface area contributed by atoms with Crippen molar-refractivity contribution in [2.45, 2.75) is 12.6 Å². The molecule has 1 aromatic carbocycles. The summed E-state index contributed by atoms with van der Waals surface area (Å²) < 4.78 is 43.9. The molecule has 0 bridgehead atoms. The van der Waals surface area contributed by atoms with Crippen LogP contribution in [0.25, 0.3) is 10.1 Å². The third kappa shape index (κ3) is 5.33. The van der Waals surface area contributed by atoms with Crippen LogP contribution in [0.3, 0.4) is 0 Å². The van der Waals surface area contributed by atoms with Crippen LogP contribution >= 0.6 is 11.3 Å². The zero-order valence-corrected chi connectivity index (χ0v) is 16.1. The van der Waals surface area contributed by atoms with E-state index in [1.54, 1.807) is 0 Å². The lowest BCUT2D eigenvalue weighted by Gasteiger charge is -2.09. The van der Waals surface area contributed by atoms with E-state index in [1.807, 2.05) is 0 Å². The Morgan fingerprint density at radius 2 is 2.14 bits per heavy atom. The molecule has 0 saturated carbocycles. The number of nitrogens with one attached hydrogen (secondary N) is 1. The first-order chi connectivity index (χ1) is 13.7. The van der Waals surface area contributed by atoms with Gasteiger partial charge in [0.2, 0.25) is 0 Å². The Bertz CT molecular complexity index is 967. The molecule has 0 aliphatic heterocycles. The molecule has 1 heterocycles. The van der Waals surface area contributed by atoms with Crippen LogP contribution in [-0.2, 0) is 15.7 Å². The van der Waals surface area contributed by atoms with Gasteiger partial charge in [0.15, 0.2) is 12.0 Å². The molecular formula is C18H18F3N3O4S. The van der Waals surface area contributed by atoms with Crippen LogP contribution in [0.1, 0.15) is 21.7 Å². The number of alkyl halides is 3. The third-order valence-corrected chi connectivity index (χ3v) is 4.85. The van der Waals surface area contributed by atoms with Crippen molar-refractivity contribution in [1.29, 1.82) is 0 Å². The number of hydrogen-bond donors (Lipinski definition) is 3. The first kappa shape index (κ1) is 22.4. The highest BCUT2D eigenvalue weighted by atomic mass is 32.1. The number of benzene rings is 1. The van der Waals surface area contributed by atoms with Crippen LogP contribution in [0.15, 0.2) is 34.6 Å². The van der Waals surface area contributed by atoms with Gasteiger partial charge in [0.05, 0.1) is 29.5 Å². The number of aliphatic hydroxyl groups excluding tert-OH is 1. The van der Waals surface area contributed by atoms with Crippen LogP contribution in [0, 0.1) is 0 Å². The Balaban J connectivity index is 2.36. The summed E-state index contributed by atoms with van der Waals surface area (Å²) in [6, 6.07) is 2.97. The first-order valence-corrected chi connectivity index (χ1v) is 9.09. The number of halogens is 3. The van der Waals surface area contributed by atoms with Crippen molar-refractivity contribution in [3.05, 3.63) is 40.1 Å². The minimum Gasteiger partial charge on any atom is -0.493 e. The number of rotatable bonds is 8. The minimum atomic E-state index is -4.53. The zero-order valence-electron chi connectivity index (χ0n) is 15.2. The van der Waals surface area contributed by atoms with Crippen molar-refractivity contribution in [3.8, 4) is 0 Å². The van der Waals surface area contributed by atoms with Crippen LogP contribution < -0.4 is 11.1 Å². The second-order valence-electron chi connectivity index (χ2n) is 5.72. The Morgan fingerprint density at radius 3 is 2.72 bits per heavy atom. The van der Waals surface area contributed by atoms with E-state index in [2.05, 4.69) is 10.3 Å². The Kier molecular flexibility index (Phi) is 7.35. The van der Waals surface area contributed by atoms with E-state index in [9.17, 15) is 22.8 Å². The molecule has 0 unspecified atom stereocenters. The normalized spacial score (nSPS) is 12.9. The average Bonchev–Trinajstić information content (AvgIpc) is 3.03. The second-order valence-corrected chi connectivity index (χ2v) is 6.80. The highest BCUT2D eigenvalue weighted by molar-refractivity contribution is 7.21. The highest BCUT2D eigenvalue weighted by Crippen LogP contribution is 2.39. The van der Waals surface area contributed by atoms with E-state index in [1.165, 1.54) is 19.4 Å². The van der Waals surface area contributed by atoms with E-state index in [0.29, 0.717) is 19.3 Å². The van der Waals surface area contributed by atoms with Crippen molar-refractivity contribution in [3.63, 3.8) is 0 Å². The van der Waals surface area contributed by atoms with Gasteiger partial charge in [-0.1, -0.05) is 6.07 Å². The molecule has 0 radical (unpaired) electrons. The summed E-state index contributed by atoms with van der Waals surface area (Å²) in [6.45, 7) is 0.249. The number of aldehydes is 1. The molecule has 7 nitrogen and oxygen atoms in total. The number of carbonyl (C=O) groups excluding carboxylic acids is 2. The summed E-state index contributed by atoms with van der Waals surface area (Å²) in [5.41, 5.74) is 4.66. The van der Waals surface area contributed by atoms with Gasteiger partial charge in [-0.25, -0.2) is 0 Å². The van der Waals surface area contributed by atoms with Gasteiger partial charge in [0, 0.05) is 23.2 Å². The smallest absolute Gasteiger partial charge is 0.416 e. The molecule has 1 amide bonds. The maximum absolute atomic E-state index is 12.9. The standard InChI is InChI=1S/C18H18F3N3O4S/c1-28-12(8-23-5-2-6-25)15(22)17(27)24-16-11-4-3-10(18(19,20)21)7-13(11)29-14(16)9-26/h3-4,7-9,25H,2,5-6,22H2,1H3,(H,24,27). The molecule has 0 aliphatic rings. The number of allylic oxidation sites excluding steroid dienone is 1. The number of aliphatic hydroxyl groups is 1. The van der Waals surface area contributed by atoms with E-state index in [4.69, 9.17) is 15.6 Å².